The number of hydrogen-bond acceptors (Lipinski definition) is 2. The molecule has 5 heteroatoms. The van der Waals surface area contributed by atoms with Crippen LogP contribution < -0.4 is 5.32 Å². The molecule has 1 N–H and O–H groups in total. The minimum Gasteiger partial charge on any atom is -0.335 e. The number of amides is 2. The molecule has 2 aromatic carbocycles. The van der Waals surface area contributed by atoms with Crippen molar-refractivity contribution in [1.29, 1.82) is 0 Å². The number of aromatic nitrogens is 2. The summed E-state index contributed by atoms with van der Waals surface area (Å²) in [6.45, 7) is 0.510. The van der Waals surface area contributed by atoms with Crippen molar-refractivity contribution in [2.24, 2.45) is 0 Å². The minimum absolute atomic E-state index is 0.0154. The van der Waals surface area contributed by atoms with Crippen LogP contribution in [0.2, 0.25) is 0 Å². The van der Waals surface area contributed by atoms with Gasteiger partial charge in [-0.25, -0.2) is 9.48 Å². The van der Waals surface area contributed by atoms with Gasteiger partial charge in [-0.05, 0) is 25.0 Å². The first-order valence-corrected chi connectivity index (χ1v) is 9.92. The van der Waals surface area contributed by atoms with Crippen molar-refractivity contribution in [2.45, 2.75) is 38.3 Å². The highest BCUT2D eigenvalue weighted by molar-refractivity contribution is 5.74. The van der Waals surface area contributed by atoms with Gasteiger partial charge in [-0.15, -0.1) is 0 Å². The molecule has 1 saturated carbocycles. The van der Waals surface area contributed by atoms with E-state index in [2.05, 4.69) is 17.4 Å². The lowest BCUT2D eigenvalue weighted by molar-refractivity contribution is 0.203. The summed E-state index contributed by atoms with van der Waals surface area (Å²) < 4.78 is 1.89. The Morgan fingerprint density at radius 2 is 1.71 bits per heavy atom. The monoisotopic (exact) mass is 374 g/mol. The Morgan fingerprint density at radius 3 is 2.39 bits per heavy atom. The van der Waals surface area contributed by atoms with Crippen LogP contribution >= 0.6 is 0 Å². The third-order valence-corrected chi connectivity index (χ3v) is 5.29. The molecule has 1 heterocycles. The molecule has 0 saturated heterocycles. The molecule has 1 aromatic heterocycles. The second-order valence-electron chi connectivity index (χ2n) is 7.44. The van der Waals surface area contributed by atoms with E-state index in [1.165, 1.54) is 12.8 Å². The van der Waals surface area contributed by atoms with E-state index in [1.54, 1.807) is 4.90 Å². The van der Waals surface area contributed by atoms with E-state index in [0.29, 0.717) is 12.6 Å². The molecule has 1 aliphatic rings. The number of hydrogen-bond donors (Lipinski definition) is 1. The van der Waals surface area contributed by atoms with Crippen molar-refractivity contribution in [2.75, 3.05) is 7.05 Å². The van der Waals surface area contributed by atoms with Gasteiger partial charge in [0.15, 0.2) is 0 Å². The van der Waals surface area contributed by atoms with E-state index in [-0.39, 0.29) is 6.03 Å². The molecule has 0 aliphatic heterocycles. The normalized spacial score (nSPS) is 14.2. The Labute approximate surface area is 166 Å². The number of nitrogens with one attached hydrogen (secondary N) is 1. The summed E-state index contributed by atoms with van der Waals surface area (Å²) in [6, 6.07) is 20.5. The zero-order valence-corrected chi connectivity index (χ0v) is 16.2. The predicted molar refractivity (Wildman–Crippen MR) is 111 cm³/mol. The number of para-hydroxylation sites is 1. The van der Waals surface area contributed by atoms with Crippen molar-refractivity contribution in [3.05, 3.63) is 72.4 Å². The van der Waals surface area contributed by atoms with E-state index < -0.39 is 0 Å². The van der Waals surface area contributed by atoms with Crippen molar-refractivity contribution < 1.29 is 4.79 Å². The van der Waals surface area contributed by atoms with Crippen LogP contribution in [0.5, 0.6) is 0 Å². The molecule has 0 bridgehead atoms. The predicted octanol–water partition coefficient (Wildman–Crippen LogP) is 4.62. The summed E-state index contributed by atoms with van der Waals surface area (Å²) in [5.74, 6) is 0. The molecule has 28 heavy (non-hydrogen) atoms. The highest BCUT2D eigenvalue weighted by Crippen LogP contribution is 2.25. The molecule has 0 radical (unpaired) electrons. The molecule has 1 aliphatic carbocycles. The summed E-state index contributed by atoms with van der Waals surface area (Å²) >= 11 is 0. The minimum atomic E-state index is -0.0154. The van der Waals surface area contributed by atoms with Gasteiger partial charge in [0.2, 0.25) is 0 Å². The summed E-state index contributed by atoms with van der Waals surface area (Å²) in [5.41, 5.74) is 3.99. The van der Waals surface area contributed by atoms with Gasteiger partial charge >= 0.3 is 6.03 Å². The number of carbonyl (C=O) groups is 1. The van der Waals surface area contributed by atoms with Gasteiger partial charge in [0, 0.05) is 30.4 Å². The third-order valence-electron chi connectivity index (χ3n) is 5.29. The molecule has 0 atom stereocenters. The average molecular weight is 374 g/mol. The van der Waals surface area contributed by atoms with Crippen LogP contribution in [0.1, 0.15) is 31.2 Å². The van der Waals surface area contributed by atoms with Crippen LogP contribution in [-0.2, 0) is 6.54 Å². The second-order valence-corrected chi connectivity index (χ2v) is 7.44. The number of urea groups is 1. The first kappa shape index (κ1) is 18.3. The van der Waals surface area contributed by atoms with Crippen molar-refractivity contribution in [3.63, 3.8) is 0 Å². The summed E-state index contributed by atoms with van der Waals surface area (Å²) in [7, 11) is 1.85. The molecule has 0 unspecified atom stereocenters. The first-order valence-electron chi connectivity index (χ1n) is 9.92. The van der Waals surface area contributed by atoms with Crippen LogP contribution in [0.4, 0.5) is 4.79 Å². The molecule has 2 amide bonds. The molecule has 0 spiro atoms. The molecule has 144 valence electrons. The molecule has 4 rings (SSSR count). The topological polar surface area (TPSA) is 50.2 Å². The van der Waals surface area contributed by atoms with Gasteiger partial charge in [-0.3, -0.25) is 0 Å². The van der Waals surface area contributed by atoms with E-state index in [9.17, 15) is 4.79 Å². The first-order chi connectivity index (χ1) is 13.7. The maximum atomic E-state index is 12.6. The maximum absolute atomic E-state index is 12.6. The molecular formula is C23H26N4O. The van der Waals surface area contributed by atoms with E-state index >= 15 is 0 Å². The lowest BCUT2D eigenvalue weighted by Crippen LogP contribution is -2.41. The highest BCUT2D eigenvalue weighted by atomic mass is 16.2. The lowest BCUT2D eigenvalue weighted by Gasteiger charge is -2.21. The fraction of sp³-hybridized carbons (Fsp3) is 0.304. The van der Waals surface area contributed by atoms with Gasteiger partial charge in [0.05, 0.1) is 17.9 Å². The number of rotatable bonds is 5. The Morgan fingerprint density at radius 1 is 1.07 bits per heavy atom. The summed E-state index contributed by atoms with van der Waals surface area (Å²) in [4.78, 5) is 14.4. The van der Waals surface area contributed by atoms with Crippen LogP contribution in [0.15, 0.2) is 66.9 Å². The van der Waals surface area contributed by atoms with E-state index in [4.69, 9.17) is 5.10 Å². The Kier molecular flexibility index (Phi) is 5.42. The quantitative estimate of drug-likeness (QED) is 0.708. The second kappa shape index (κ2) is 8.30. The van der Waals surface area contributed by atoms with Crippen LogP contribution in [0, 0.1) is 0 Å². The Bertz CT molecular complexity index is 914. The van der Waals surface area contributed by atoms with Crippen LogP contribution in [-0.4, -0.2) is 33.8 Å². The largest absolute Gasteiger partial charge is 0.335 e. The maximum Gasteiger partial charge on any atom is 0.317 e. The van der Waals surface area contributed by atoms with Gasteiger partial charge in [-0.2, -0.15) is 5.10 Å². The van der Waals surface area contributed by atoms with Crippen molar-refractivity contribution in [1.82, 2.24) is 20.0 Å². The highest BCUT2D eigenvalue weighted by Gasteiger charge is 2.21. The SMILES string of the molecule is CN(Cc1cn(-c2ccccc2)nc1-c1ccccc1)C(=O)NC1CCCC1. The molecule has 5 nitrogen and oxygen atoms in total. The zero-order chi connectivity index (χ0) is 19.3. The Hall–Kier alpha value is -3.08. The van der Waals surface area contributed by atoms with Crippen molar-refractivity contribution >= 4 is 6.03 Å². The lowest BCUT2D eigenvalue weighted by atomic mass is 10.1. The molecular weight excluding hydrogens is 348 g/mol. The van der Waals surface area contributed by atoms with Crippen LogP contribution in [0.3, 0.4) is 0 Å². The van der Waals surface area contributed by atoms with Gasteiger partial charge < -0.3 is 10.2 Å². The third kappa shape index (κ3) is 4.09. The van der Waals surface area contributed by atoms with Gasteiger partial charge in [-0.1, -0.05) is 61.4 Å². The fourth-order valence-electron chi connectivity index (χ4n) is 3.76. The Balaban J connectivity index is 1.59. The fourth-order valence-corrected chi connectivity index (χ4v) is 3.76. The molecule has 1 fully saturated rings. The molecule has 3 aromatic rings. The van der Waals surface area contributed by atoms with E-state index in [0.717, 1.165) is 35.3 Å². The van der Waals surface area contributed by atoms with Gasteiger partial charge in [0.25, 0.3) is 0 Å². The number of nitrogens with zero attached hydrogens (tertiary/aromatic N) is 3. The average Bonchev–Trinajstić information content (AvgIpc) is 3.39. The van der Waals surface area contributed by atoms with Gasteiger partial charge in [0.1, 0.15) is 0 Å². The van der Waals surface area contributed by atoms with Crippen LogP contribution in [0.25, 0.3) is 16.9 Å². The smallest absolute Gasteiger partial charge is 0.317 e. The number of carbonyl (C=O) groups excluding carboxylic acids is 1. The summed E-state index contributed by atoms with van der Waals surface area (Å²) in [5, 5.41) is 7.98. The van der Waals surface area contributed by atoms with E-state index in [1.807, 2.05) is 66.5 Å². The van der Waals surface area contributed by atoms with Crippen molar-refractivity contribution in [3.8, 4) is 16.9 Å². The zero-order valence-electron chi connectivity index (χ0n) is 16.2. The standard InChI is InChI=1S/C23H26N4O/c1-26(23(28)24-20-12-8-9-13-20)16-19-17-27(21-14-6-3-7-15-21)25-22(19)18-10-4-2-5-11-18/h2-7,10-11,14-15,17,20H,8-9,12-13,16H2,1H3,(H,24,28). The summed E-state index contributed by atoms with van der Waals surface area (Å²) in [6.07, 6.45) is 6.60. The number of benzene rings is 2.